The summed E-state index contributed by atoms with van der Waals surface area (Å²) in [5.41, 5.74) is 9.29. The molecule has 0 spiro atoms. The Bertz CT molecular complexity index is 1320. The third-order valence-electron chi connectivity index (χ3n) is 6.20. The molecule has 0 aliphatic rings. The number of carbonyl (C=O) groups excluding carboxylic acids is 2. The molecule has 0 unspecified atom stereocenters. The molecule has 2 aromatic carbocycles. The number of thiophene rings is 2. The third kappa shape index (κ3) is 16.5. The molecule has 4 rings (SSSR count). The second kappa shape index (κ2) is 21.8. The Labute approximate surface area is 298 Å². The van der Waals surface area contributed by atoms with E-state index in [0.717, 1.165) is 24.9 Å². The Balaban J connectivity index is 0. The van der Waals surface area contributed by atoms with Crippen LogP contribution in [0.1, 0.15) is 83.1 Å². The van der Waals surface area contributed by atoms with Gasteiger partial charge >= 0.3 is 29.6 Å². The molecule has 0 atom stereocenters. The Kier molecular flexibility index (Phi) is 21.9. The smallest absolute Gasteiger partial charge is 0.870 e. The summed E-state index contributed by atoms with van der Waals surface area (Å²) in [6, 6.07) is 23.6. The standard InChI is InChI=1S/C17H21NOS.C11H13ClO.C6H9NS.Na.2H2O/c1-17(2,3)14-8-6-13(7-9-14)16(19)18-11-10-15-5-4-12-20-15;1-11(2,3)9-6-4-8(5-7-9)10(12)13;7-4-3-6-2-1-5-8-6;;;/h4-9,12H,10-11H2,1-3H3,(H,18,19);4-7H,1-3H3;1-2,5H,3-4,7H2;;2*1H2/q;;;+1;;/p-1. The van der Waals surface area contributed by atoms with Crippen molar-refractivity contribution in [2.75, 3.05) is 13.1 Å². The minimum atomic E-state index is -0.402. The van der Waals surface area contributed by atoms with Crippen molar-refractivity contribution in [2.45, 2.75) is 65.2 Å². The van der Waals surface area contributed by atoms with E-state index in [0.29, 0.717) is 12.1 Å². The van der Waals surface area contributed by atoms with Crippen molar-refractivity contribution in [3.63, 3.8) is 0 Å². The maximum absolute atomic E-state index is 12.0. The Hall–Kier alpha value is -1.85. The number of carbonyl (C=O) groups is 2. The van der Waals surface area contributed by atoms with Crippen LogP contribution >= 0.6 is 34.3 Å². The molecule has 6 nitrogen and oxygen atoms in total. The largest absolute Gasteiger partial charge is 1.00 e. The molecule has 10 heteroatoms. The number of amides is 1. The van der Waals surface area contributed by atoms with Gasteiger partial charge in [-0.05, 0) is 100 Å². The summed E-state index contributed by atoms with van der Waals surface area (Å²) in [7, 11) is 0. The zero-order valence-electron chi connectivity index (χ0n) is 26.9. The number of benzene rings is 2. The van der Waals surface area contributed by atoms with E-state index in [1.54, 1.807) is 34.8 Å². The van der Waals surface area contributed by atoms with E-state index in [1.807, 2.05) is 42.5 Å². The number of hydrogen-bond acceptors (Lipinski definition) is 6. The number of nitrogens with two attached hydrogens (primary N) is 1. The number of nitrogens with one attached hydrogen (secondary N) is 1. The first-order valence-electron chi connectivity index (χ1n) is 13.7. The fraction of sp³-hybridized carbons (Fsp3) is 0.353. The Morgan fingerprint density at radius 1 is 0.727 bits per heavy atom. The summed E-state index contributed by atoms with van der Waals surface area (Å²) in [5, 5.41) is 6.69. The third-order valence-corrected chi connectivity index (χ3v) is 8.29. The topological polar surface area (TPSA) is 134 Å². The van der Waals surface area contributed by atoms with Gasteiger partial charge in [-0.2, -0.15) is 0 Å². The number of hydrogen-bond donors (Lipinski definition) is 2. The van der Waals surface area contributed by atoms with E-state index < -0.39 is 5.24 Å². The number of halogens is 1. The van der Waals surface area contributed by atoms with Crippen LogP contribution in [0.25, 0.3) is 0 Å². The molecule has 2 heterocycles. The molecular weight excluding hydrogens is 623 g/mol. The summed E-state index contributed by atoms with van der Waals surface area (Å²) in [4.78, 5) is 25.5. The quantitative estimate of drug-likeness (QED) is 0.219. The molecule has 236 valence electrons. The van der Waals surface area contributed by atoms with Crippen LogP contribution in [0.2, 0.25) is 0 Å². The zero-order valence-corrected chi connectivity index (χ0v) is 31.3. The molecule has 0 fully saturated rings. The van der Waals surface area contributed by atoms with E-state index in [-0.39, 0.29) is 57.2 Å². The summed E-state index contributed by atoms with van der Waals surface area (Å²) < 4.78 is 0. The molecule has 4 aromatic rings. The van der Waals surface area contributed by atoms with Gasteiger partial charge in [0, 0.05) is 27.4 Å². The molecule has 44 heavy (non-hydrogen) atoms. The monoisotopic (exact) mass is 668 g/mol. The van der Waals surface area contributed by atoms with Gasteiger partial charge in [0.1, 0.15) is 0 Å². The Morgan fingerprint density at radius 2 is 1.14 bits per heavy atom. The Morgan fingerprint density at radius 3 is 1.48 bits per heavy atom. The van der Waals surface area contributed by atoms with Crippen molar-refractivity contribution in [1.82, 2.24) is 5.32 Å². The summed E-state index contributed by atoms with van der Waals surface area (Å²) in [6.07, 6.45) is 1.92. The van der Waals surface area contributed by atoms with Crippen molar-refractivity contribution < 1.29 is 50.1 Å². The van der Waals surface area contributed by atoms with Crippen LogP contribution in [-0.4, -0.2) is 35.2 Å². The van der Waals surface area contributed by atoms with E-state index in [2.05, 4.69) is 75.8 Å². The molecular formula is C34H46ClN2NaO4S2. The van der Waals surface area contributed by atoms with Gasteiger partial charge in [-0.1, -0.05) is 77.9 Å². The minimum Gasteiger partial charge on any atom is -0.870 e. The van der Waals surface area contributed by atoms with Gasteiger partial charge in [0.05, 0.1) is 0 Å². The minimum absolute atomic E-state index is 0. The van der Waals surface area contributed by atoms with E-state index in [1.165, 1.54) is 20.9 Å². The predicted octanol–water partition coefficient (Wildman–Crippen LogP) is 4.63. The van der Waals surface area contributed by atoms with Crippen molar-refractivity contribution in [3.8, 4) is 0 Å². The first kappa shape index (κ1) is 44.3. The maximum Gasteiger partial charge on any atom is 1.00 e. The molecule has 0 aliphatic carbocycles. The molecule has 0 saturated heterocycles. The second-order valence-electron chi connectivity index (χ2n) is 11.6. The fourth-order valence-corrected chi connectivity index (χ4v) is 5.24. The van der Waals surface area contributed by atoms with Crippen molar-refractivity contribution in [3.05, 3.63) is 116 Å². The van der Waals surface area contributed by atoms with Crippen molar-refractivity contribution >= 4 is 45.4 Å². The molecule has 0 radical (unpaired) electrons. The van der Waals surface area contributed by atoms with Crippen LogP contribution < -0.4 is 40.6 Å². The number of rotatable bonds is 7. The predicted molar refractivity (Wildman–Crippen MR) is 183 cm³/mol. The summed E-state index contributed by atoms with van der Waals surface area (Å²) >= 11 is 8.82. The second-order valence-corrected chi connectivity index (χ2v) is 14.0. The van der Waals surface area contributed by atoms with E-state index in [9.17, 15) is 9.59 Å². The van der Waals surface area contributed by atoms with Crippen LogP contribution in [-0.2, 0) is 23.7 Å². The summed E-state index contributed by atoms with van der Waals surface area (Å²) in [5.74, 6) is 0.00187. The van der Waals surface area contributed by atoms with Gasteiger partial charge in [-0.25, -0.2) is 0 Å². The summed E-state index contributed by atoms with van der Waals surface area (Å²) in [6.45, 7) is 14.3. The van der Waals surface area contributed by atoms with Gasteiger partial charge in [-0.15, -0.1) is 22.7 Å². The van der Waals surface area contributed by atoms with Gasteiger partial charge in [-0.3, -0.25) is 9.59 Å². The maximum atomic E-state index is 12.0. The van der Waals surface area contributed by atoms with Crippen molar-refractivity contribution in [1.29, 1.82) is 0 Å². The fourth-order valence-electron chi connectivity index (χ4n) is 3.68. The molecule has 6 N–H and O–H groups in total. The van der Waals surface area contributed by atoms with Crippen molar-refractivity contribution in [2.24, 2.45) is 5.73 Å². The average molecular weight is 669 g/mol. The first-order valence-corrected chi connectivity index (χ1v) is 15.9. The molecule has 0 saturated carbocycles. The molecule has 0 bridgehead atoms. The van der Waals surface area contributed by atoms with Crippen LogP contribution in [0.4, 0.5) is 0 Å². The van der Waals surface area contributed by atoms with Gasteiger partial charge in [0.25, 0.3) is 11.1 Å². The molecule has 0 aliphatic heterocycles. The van der Waals surface area contributed by atoms with E-state index >= 15 is 0 Å². The van der Waals surface area contributed by atoms with Crippen LogP contribution in [0, 0.1) is 0 Å². The van der Waals surface area contributed by atoms with Gasteiger partial charge < -0.3 is 22.0 Å². The first-order chi connectivity index (χ1) is 19.3. The molecule has 2 aromatic heterocycles. The molecule has 1 amide bonds. The van der Waals surface area contributed by atoms with Crippen LogP contribution in [0.5, 0.6) is 0 Å². The SMILES string of the molecule is CC(C)(C)c1ccc(C(=O)Cl)cc1.CC(C)(C)c1ccc(C(=O)NCCc2cccs2)cc1.NCCc1cccs1.O.[Na+].[OH-]. The van der Waals surface area contributed by atoms with Gasteiger partial charge in [0.15, 0.2) is 0 Å². The zero-order chi connectivity index (χ0) is 30.5. The van der Waals surface area contributed by atoms with E-state index in [4.69, 9.17) is 17.3 Å². The average Bonchev–Trinajstić information content (AvgIpc) is 3.64. The van der Waals surface area contributed by atoms with Crippen LogP contribution in [0.15, 0.2) is 83.6 Å². The van der Waals surface area contributed by atoms with Gasteiger partial charge in [0.2, 0.25) is 0 Å². The normalized spacial score (nSPS) is 10.3. The van der Waals surface area contributed by atoms with Crippen LogP contribution in [0.3, 0.4) is 0 Å².